The van der Waals surface area contributed by atoms with E-state index in [2.05, 4.69) is 4.57 Å². The molecule has 1 aliphatic rings. The first kappa shape index (κ1) is 20.4. The van der Waals surface area contributed by atoms with E-state index in [-0.39, 0.29) is 23.5 Å². The molecular weight excluding hydrogens is 356 g/mol. The third-order valence-corrected chi connectivity index (χ3v) is 5.61. The number of methoxy groups -OCH3 is 1. The topological polar surface area (TPSA) is 64.7 Å². The largest absolute Gasteiger partial charge is 0.467 e. The highest BCUT2D eigenvalue weighted by molar-refractivity contribution is 5.95. The van der Waals surface area contributed by atoms with Crippen LogP contribution in [0.1, 0.15) is 59.6 Å². The van der Waals surface area contributed by atoms with Crippen molar-refractivity contribution < 1.29 is 13.9 Å². The zero-order chi connectivity index (χ0) is 20.1. The first-order valence-corrected chi connectivity index (χ1v) is 10.0. The minimum absolute atomic E-state index is 0.206. The smallest absolute Gasteiger partial charge is 0.259 e. The average molecular weight is 386 g/mol. The standard InChI is InChI=1S/C22H30N2O4/c1-16-12-20(25)21(22(26)23(2)14-18-10-7-11-28-18)19(15-27-3)24(16)13-17-8-5-4-6-9-17/h7,10-12,17H,4-6,8-9,13-15H2,1-3H3. The van der Waals surface area contributed by atoms with Crippen LogP contribution in [0.5, 0.6) is 0 Å². The van der Waals surface area contributed by atoms with Crippen molar-refractivity contribution >= 4 is 5.91 Å². The predicted octanol–water partition coefficient (Wildman–Crippen LogP) is 3.75. The molecule has 2 aromatic heterocycles. The summed E-state index contributed by atoms with van der Waals surface area (Å²) in [5, 5.41) is 0. The van der Waals surface area contributed by atoms with E-state index in [1.54, 1.807) is 32.6 Å². The molecule has 1 fully saturated rings. The summed E-state index contributed by atoms with van der Waals surface area (Å²) in [4.78, 5) is 27.5. The molecule has 1 saturated carbocycles. The number of nitrogens with zero attached hydrogens (tertiary/aromatic N) is 2. The van der Waals surface area contributed by atoms with Crippen molar-refractivity contribution in [3.8, 4) is 0 Å². The van der Waals surface area contributed by atoms with Gasteiger partial charge in [0.1, 0.15) is 11.3 Å². The van der Waals surface area contributed by atoms with Gasteiger partial charge in [-0.3, -0.25) is 9.59 Å². The Balaban J connectivity index is 1.95. The number of carbonyl (C=O) groups is 1. The first-order valence-electron chi connectivity index (χ1n) is 10.0. The van der Waals surface area contributed by atoms with Gasteiger partial charge in [-0.15, -0.1) is 0 Å². The molecule has 28 heavy (non-hydrogen) atoms. The maximum atomic E-state index is 13.2. The van der Waals surface area contributed by atoms with Crippen molar-refractivity contribution in [2.24, 2.45) is 5.92 Å². The van der Waals surface area contributed by atoms with Crippen LogP contribution in [0.25, 0.3) is 0 Å². The summed E-state index contributed by atoms with van der Waals surface area (Å²) >= 11 is 0. The van der Waals surface area contributed by atoms with Gasteiger partial charge in [-0.1, -0.05) is 19.3 Å². The predicted molar refractivity (Wildman–Crippen MR) is 107 cm³/mol. The summed E-state index contributed by atoms with van der Waals surface area (Å²) in [7, 11) is 3.28. The molecule has 0 bridgehead atoms. The molecule has 1 aliphatic carbocycles. The van der Waals surface area contributed by atoms with Crippen LogP contribution in [0, 0.1) is 12.8 Å². The number of hydrogen-bond acceptors (Lipinski definition) is 4. The van der Waals surface area contributed by atoms with Crippen LogP contribution < -0.4 is 5.43 Å². The van der Waals surface area contributed by atoms with Gasteiger partial charge in [-0.2, -0.15) is 0 Å². The maximum absolute atomic E-state index is 13.2. The summed E-state index contributed by atoms with van der Waals surface area (Å²) in [6, 6.07) is 5.18. The molecule has 0 aliphatic heterocycles. The van der Waals surface area contributed by atoms with E-state index in [0.29, 0.717) is 23.9 Å². The van der Waals surface area contributed by atoms with E-state index in [4.69, 9.17) is 9.15 Å². The highest BCUT2D eigenvalue weighted by atomic mass is 16.5. The van der Waals surface area contributed by atoms with Crippen LogP contribution >= 0.6 is 0 Å². The lowest BCUT2D eigenvalue weighted by molar-refractivity contribution is 0.0766. The highest BCUT2D eigenvalue weighted by Crippen LogP contribution is 2.26. The molecule has 0 saturated heterocycles. The van der Waals surface area contributed by atoms with Crippen LogP contribution in [0.15, 0.2) is 33.7 Å². The van der Waals surface area contributed by atoms with E-state index < -0.39 is 0 Å². The average Bonchev–Trinajstić information content (AvgIpc) is 3.18. The van der Waals surface area contributed by atoms with E-state index >= 15 is 0 Å². The van der Waals surface area contributed by atoms with Gasteiger partial charge in [-0.05, 0) is 37.8 Å². The second kappa shape index (κ2) is 9.24. The second-order valence-corrected chi connectivity index (χ2v) is 7.76. The fourth-order valence-corrected chi connectivity index (χ4v) is 4.13. The van der Waals surface area contributed by atoms with Gasteiger partial charge in [0, 0.05) is 32.5 Å². The minimum atomic E-state index is -0.300. The van der Waals surface area contributed by atoms with Gasteiger partial charge in [0.25, 0.3) is 5.91 Å². The van der Waals surface area contributed by atoms with Gasteiger partial charge >= 0.3 is 0 Å². The monoisotopic (exact) mass is 386 g/mol. The van der Waals surface area contributed by atoms with Crippen molar-refractivity contribution in [3.05, 3.63) is 57.4 Å². The van der Waals surface area contributed by atoms with Crippen LogP contribution in [-0.2, 0) is 24.4 Å². The van der Waals surface area contributed by atoms with Gasteiger partial charge in [0.05, 0.1) is 25.1 Å². The Hall–Kier alpha value is -2.34. The molecule has 152 valence electrons. The zero-order valence-corrected chi connectivity index (χ0v) is 17.1. The molecular formula is C22H30N2O4. The molecule has 0 N–H and O–H groups in total. The Morgan fingerprint density at radius 1 is 1.32 bits per heavy atom. The fourth-order valence-electron chi connectivity index (χ4n) is 4.13. The first-order chi connectivity index (χ1) is 13.5. The third kappa shape index (κ3) is 4.55. The zero-order valence-electron chi connectivity index (χ0n) is 17.1. The van der Waals surface area contributed by atoms with E-state index in [1.165, 1.54) is 37.0 Å². The molecule has 0 atom stereocenters. The normalized spacial score (nSPS) is 15.0. The van der Waals surface area contributed by atoms with E-state index in [0.717, 1.165) is 12.2 Å². The van der Waals surface area contributed by atoms with Crippen molar-refractivity contribution in [2.75, 3.05) is 14.2 Å². The second-order valence-electron chi connectivity index (χ2n) is 7.76. The molecule has 0 radical (unpaired) electrons. The molecule has 0 aromatic carbocycles. The third-order valence-electron chi connectivity index (χ3n) is 5.61. The lowest BCUT2D eigenvalue weighted by Crippen LogP contribution is -2.34. The number of pyridine rings is 1. The van der Waals surface area contributed by atoms with Crippen molar-refractivity contribution in [1.82, 2.24) is 9.47 Å². The summed E-state index contributed by atoms with van der Waals surface area (Å²) in [6.45, 7) is 3.31. The maximum Gasteiger partial charge on any atom is 0.259 e. The van der Waals surface area contributed by atoms with Gasteiger partial charge in [0.2, 0.25) is 0 Å². The highest BCUT2D eigenvalue weighted by Gasteiger charge is 2.25. The van der Waals surface area contributed by atoms with Crippen LogP contribution in [0.2, 0.25) is 0 Å². The quantitative estimate of drug-likeness (QED) is 0.727. The molecule has 6 heteroatoms. The minimum Gasteiger partial charge on any atom is -0.467 e. The Labute approximate surface area is 166 Å². The van der Waals surface area contributed by atoms with Crippen molar-refractivity contribution in [3.63, 3.8) is 0 Å². The molecule has 6 nitrogen and oxygen atoms in total. The van der Waals surface area contributed by atoms with Crippen LogP contribution in [-0.4, -0.2) is 29.5 Å². The summed E-state index contributed by atoms with van der Waals surface area (Å²) in [6.07, 6.45) is 7.76. The summed E-state index contributed by atoms with van der Waals surface area (Å²) in [5.41, 5.74) is 1.51. The lowest BCUT2D eigenvalue weighted by Gasteiger charge is -2.27. The number of rotatable bonds is 7. The molecule has 2 aromatic rings. The fraction of sp³-hybridized carbons (Fsp3) is 0.545. The number of hydrogen-bond donors (Lipinski definition) is 0. The number of carbonyl (C=O) groups excluding carboxylic acids is 1. The Kier molecular flexibility index (Phi) is 6.73. The lowest BCUT2D eigenvalue weighted by atomic mass is 9.89. The Bertz CT molecular complexity index is 848. The molecule has 2 heterocycles. The van der Waals surface area contributed by atoms with Gasteiger partial charge < -0.3 is 18.6 Å². The number of aryl methyl sites for hydroxylation is 1. The number of amides is 1. The van der Waals surface area contributed by atoms with E-state index in [9.17, 15) is 9.59 Å². The Morgan fingerprint density at radius 3 is 2.71 bits per heavy atom. The molecule has 3 rings (SSSR count). The summed E-state index contributed by atoms with van der Waals surface area (Å²) < 4.78 is 12.9. The van der Waals surface area contributed by atoms with Gasteiger partial charge in [-0.25, -0.2) is 0 Å². The van der Waals surface area contributed by atoms with Crippen molar-refractivity contribution in [1.29, 1.82) is 0 Å². The molecule has 1 amide bonds. The number of aromatic nitrogens is 1. The Morgan fingerprint density at radius 2 is 2.07 bits per heavy atom. The number of ether oxygens (including phenoxy) is 1. The van der Waals surface area contributed by atoms with Crippen LogP contribution in [0.3, 0.4) is 0 Å². The molecule has 0 unspecified atom stereocenters. The molecule has 0 spiro atoms. The van der Waals surface area contributed by atoms with Gasteiger partial charge in [0.15, 0.2) is 5.43 Å². The summed E-state index contributed by atoms with van der Waals surface area (Å²) in [5.74, 6) is 0.957. The van der Waals surface area contributed by atoms with Crippen molar-refractivity contribution in [2.45, 2.75) is 58.7 Å². The SMILES string of the molecule is COCc1c(C(=O)N(C)Cc2ccco2)c(=O)cc(C)n1CC1CCCCC1. The van der Waals surface area contributed by atoms with Crippen LogP contribution in [0.4, 0.5) is 0 Å². The number of furan rings is 1. The van der Waals surface area contributed by atoms with E-state index in [1.807, 2.05) is 13.0 Å².